The Labute approximate surface area is 358 Å². The second kappa shape index (κ2) is 13.4. The summed E-state index contributed by atoms with van der Waals surface area (Å²) in [5.74, 6) is 0. The van der Waals surface area contributed by atoms with Gasteiger partial charge in [-0.15, -0.1) is 0 Å². The highest BCUT2D eigenvalue weighted by Gasteiger charge is 2.55. The molecule has 1 spiro atoms. The lowest BCUT2D eigenvalue weighted by Crippen LogP contribution is -2.82. The fraction of sp³-hybridized carbons (Fsp3) is 0.0526. The Bertz CT molecular complexity index is 3130. The molecular weight excluding hydrogens is 774 g/mol. The average molecular weight is 816 g/mol. The van der Waals surface area contributed by atoms with Crippen LogP contribution in [0.4, 0.5) is 17.1 Å². The van der Waals surface area contributed by atoms with Gasteiger partial charge in [0.25, 0.3) is 0 Å². The first kappa shape index (κ1) is 36.1. The molecule has 0 amide bonds. The Kier molecular flexibility index (Phi) is 7.91. The van der Waals surface area contributed by atoms with Crippen molar-refractivity contribution < 1.29 is 4.57 Å². The number of anilines is 3. The summed E-state index contributed by atoms with van der Waals surface area (Å²) in [6.45, 7) is 4.43. The largest absolute Gasteiger partial charge is 0.310 e. The minimum Gasteiger partial charge on any atom is -0.310 e. The van der Waals surface area contributed by atoms with Gasteiger partial charge in [-0.25, -0.2) is 0 Å². The zero-order valence-electron chi connectivity index (χ0n) is 34.1. The summed E-state index contributed by atoms with van der Waals surface area (Å²) >= 11 is 0. The van der Waals surface area contributed by atoms with E-state index in [-0.39, 0.29) is 0 Å². The van der Waals surface area contributed by atoms with Gasteiger partial charge in [0.2, 0.25) is 0 Å². The van der Waals surface area contributed by atoms with Crippen LogP contribution in [0.15, 0.2) is 218 Å². The van der Waals surface area contributed by atoms with Crippen LogP contribution >= 0.6 is 7.14 Å². The van der Waals surface area contributed by atoms with Crippen molar-refractivity contribution in [1.82, 2.24) is 0 Å². The fourth-order valence-electron chi connectivity index (χ4n) is 11.3. The molecule has 61 heavy (non-hydrogen) atoms. The SMILES string of the molecule is Cc1ccc2c(c1)C1(c3ccccc3-c3ccccc31)c1cc(C)ccc1N2c1ccc2c(c1)[Si](c1ccccc1)(c1ccccc1)c1ccccc1P2(=O)c1ccccc1. The van der Waals surface area contributed by atoms with Crippen LogP contribution in [0.2, 0.25) is 0 Å². The minimum atomic E-state index is -3.35. The van der Waals surface area contributed by atoms with Crippen molar-refractivity contribution in [3.63, 3.8) is 0 Å². The highest BCUT2D eigenvalue weighted by molar-refractivity contribution is 7.87. The van der Waals surface area contributed by atoms with Crippen LogP contribution < -0.4 is 41.6 Å². The maximum absolute atomic E-state index is 16.6. The molecule has 0 aromatic heterocycles. The summed E-state index contributed by atoms with van der Waals surface area (Å²) in [4.78, 5) is 2.50. The Morgan fingerprint density at radius 2 is 0.902 bits per heavy atom. The van der Waals surface area contributed by atoms with E-state index in [0.29, 0.717) is 0 Å². The zero-order chi connectivity index (χ0) is 40.9. The van der Waals surface area contributed by atoms with Crippen molar-refractivity contribution in [2.45, 2.75) is 19.3 Å². The maximum Gasteiger partial charge on any atom is 0.181 e. The summed E-state index contributed by atoms with van der Waals surface area (Å²) in [5.41, 5.74) is 13.1. The molecule has 3 aliphatic rings. The second-order valence-corrected chi connectivity index (χ2v) is 23.3. The number of aryl methyl sites for hydroxylation is 2. The smallest absolute Gasteiger partial charge is 0.181 e. The molecule has 4 heteroatoms. The number of fused-ring (bicyclic) bond motifs is 11. The van der Waals surface area contributed by atoms with Gasteiger partial charge in [-0.1, -0.05) is 199 Å². The van der Waals surface area contributed by atoms with Crippen molar-refractivity contribution >= 4 is 68.9 Å². The van der Waals surface area contributed by atoms with E-state index in [2.05, 4.69) is 219 Å². The lowest BCUT2D eigenvalue weighted by atomic mass is 9.64. The van der Waals surface area contributed by atoms with Gasteiger partial charge >= 0.3 is 0 Å². The van der Waals surface area contributed by atoms with Gasteiger partial charge in [0.15, 0.2) is 15.2 Å². The normalized spacial score (nSPS) is 17.0. The molecule has 2 aliphatic heterocycles. The minimum absolute atomic E-state index is 0.519. The van der Waals surface area contributed by atoms with Crippen LogP contribution in [-0.2, 0) is 9.98 Å². The van der Waals surface area contributed by atoms with E-state index >= 15 is 4.57 Å². The number of benzene rings is 9. The molecule has 1 unspecified atom stereocenters. The molecule has 2 nitrogen and oxygen atoms in total. The molecule has 0 radical (unpaired) electrons. The number of hydrogen-bond acceptors (Lipinski definition) is 2. The average Bonchev–Trinajstić information content (AvgIpc) is 3.61. The van der Waals surface area contributed by atoms with E-state index in [1.54, 1.807) is 0 Å². The monoisotopic (exact) mass is 815 g/mol. The van der Waals surface area contributed by atoms with E-state index in [4.69, 9.17) is 0 Å². The number of hydrogen-bond donors (Lipinski definition) is 0. The molecule has 0 fully saturated rings. The summed E-state index contributed by atoms with van der Waals surface area (Å²) in [6.07, 6.45) is 0. The third-order valence-corrected chi connectivity index (χ3v) is 22.2. The number of rotatable bonds is 4. The zero-order valence-corrected chi connectivity index (χ0v) is 36.0. The Morgan fingerprint density at radius 1 is 0.426 bits per heavy atom. The number of nitrogens with zero attached hydrogens (tertiary/aromatic N) is 1. The third-order valence-electron chi connectivity index (χ3n) is 13.7. The van der Waals surface area contributed by atoms with Gasteiger partial charge < -0.3 is 9.46 Å². The Hall–Kier alpha value is -6.77. The van der Waals surface area contributed by atoms with Crippen molar-refractivity contribution in [2.75, 3.05) is 4.90 Å². The van der Waals surface area contributed by atoms with E-state index in [1.807, 2.05) is 18.2 Å². The first-order chi connectivity index (χ1) is 30.0. The molecule has 0 bridgehead atoms. The quantitative estimate of drug-likeness (QED) is 0.130. The molecule has 12 rings (SSSR count). The van der Waals surface area contributed by atoms with Crippen molar-refractivity contribution in [1.29, 1.82) is 0 Å². The molecule has 9 aromatic carbocycles. The molecule has 290 valence electrons. The molecule has 0 saturated heterocycles. The van der Waals surface area contributed by atoms with Gasteiger partial charge in [-0.3, -0.25) is 0 Å². The summed E-state index contributed by atoms with van der Waals surface area (Å²) < 4.78 is 16.6. The van der Waals surface area contributed by atoms with Crippen LogP contribution in [0, 0.1) is 13.8 Å². The lowest BCUT2D eigenvalue weighted by molar-refractivity contribution is 0.592. The maximum atomic E-state index is 16.6. The van der Waals surface area contributed by atoms with Gasteiger partial charge in [0.1, 0.15) is 0 Å². The molecule has 0 saturated carbocycles. The molecule has 1 atom stereocenters. The second-order valence-electron chi connectivity index (χ2n) is 16.9. The highest BCUT2D eigenvalue weighted by atomic mass is 31.2. The third kappa shape index (κ3) is 4.76. The first-order valence-corrected chi connectivity index (χ1v) is 24.9. The predicted molar refractivity (Wildman–Crippen MR) is 258 cm³/mol. The summed E-state index contributed by atoms with van der Waals surface area (Å²) in [5, 5.41) is 7.65. The predicted octanol–water partition coefficient (Wildman–Crippen LogP) is 9.78. The van der Waals surface area contributed by atoms with Gasteiger partial charge in [-0.2, -0.15) is 0 Å². The van der Waals surface area contributed by atoms with E-state index < -0.39 is 20.6 Å². The summed E-state index contributed by atoms with van der Waals surface area (Å²) in [7, 11) is -6.47. The van der Waals surface area contributed by atoms with Crippen molar-refractivity contribution in [3.05, 3.63) is 252 Å². The van der Waals surface area contributed by atoms with Crippen molar-refractivity contribution in [2.24, 2.45) is 0 Å². The lowest BCUT2D eigenvalue weighted by Gasteiger charge is -2.46. The highest BCUT2D eigenvalue weighted by Crippen LogP contribution is 2.63. The van der Waals surface area contributed by atoms with Crippen LogP contribution in [0.25, 0.3) is 11.1 Å². The fourth-order valence-corrected chi connectivity index (χ4v) is 21.0. The Balaban J connectivity index is 1.21. The van der Waals surface area contributed by atoms with Gasteiger partial charge in [0.05, 0.1) is 16.8 Å². The molecule has 2 heterocycles. The molecular formula is C57H42NOPSi. The van der Waals surface area contributed by atoms with Crippen LogP contribution in [0.5, 0.6) is 0 Å². The summed E-state index contributed by atoms with van der Waals surface area (Å²) in [6, 6.07) is 80.0. The standard InChI is InChI=1S/C57H42NOPSi/c1-39-30-33-51-49(36-39)57(47-26-14-12-24-45(47)46-25-13-15-27-48(46)57)50-37-40(2)31-34-52(50)58(51)41-32-35-54-56(38-41)61(43-20-8-4-9-21-43,44-22-10-5-11-23-44)55-29-17-16-28-53(55)60(54,59)42-18-6-3-7-19-42/h3-38H,1-2H3. The van der Waals surface area contributed by atoms with E-state index in [9.17, 15) is 0 Å². The van der Waals surface area contributed by atoms with Gasteiger partial charge in [-0.05, 0) is 98.3 Å². The molecule has 0 N–H and O–H groups in total. The van der Waals surface area contributed by atoms with Crippen LogP contribution in [0.1, 0.15) is 33.4 Å². The van der Waals surface area contributed by atoms with E-state index in [0.717, 1.165) is 33.0 Å². The first-order valence-electron chi connectivity index (χ1n) is 21.2. The van der Waals surface area contributed by atoms with Crippen molar-refractivity contribution in [3.8, 4) is 11.1 Å². The van der Waals surface area contributed by atoms with Crippen LogP contribution in [0.3, 0.4) is 0 Å². The van der Waals surface area contributed by atoms with E-state index in [1.165, 1.54) is 65.3 Å². The Morgan fingerprint density at radius 3 is 1.48 bits per heavy atom. The topological polar surface area (TPSA) is 20.3 Å². The van der Waals surface area contributed by atoms with Gasteiger partial charge in [0, 0.05) is 21.6 Å². The van der Waals surface area contributed by atoms with Crippen LogP contribution in [-0.4, -0.2) is 8.07 Å². The molecule has 9 aromatic rings. The molecule has 1 aliphatic carbocycles.